The van der Waals surface area contributed by atoms with Crippen LogP contribution in [0, 0.1) is 18.8 Å². The van der Waals surface area contributed by atoms with Gasteiger partial charge in [-0.05, 0) is 67.9 Å². The molecule has 0 aromatic heterocycles. The molecule has 6 heteroatoms. The van der Waals surface area contributed by atoms with E-state index in [0.717, 1.165) is 23.5 Å². The van der Waals surface area contributed by atoms with E-state index in [9.17, 15) is 13.2 Å². The van der Waals surface area contributed by atoms with Gasteiger partial charge >= 0.3 is 0 Å². The molecule has 0 aliphatic heterocycles. The maximum absolute atomic E-state index is 12.6. The van der Waals surface area contributed by atoms with E-state index >= 15 is 0 Å². The molecule has 0 heterocycles. The van der Waals surface area contributed by atoms with Gasteiger partial charge in [-0.1, -0.05) is 36.2 Å². The lowest BCUT2D eigenvalue weighted by atomic mass is 9.95. The second kappa shape index (κ2) is 7.82. The van der Waals surface area contributed by atoms with Crippen LogP contribution in [0.25, 0.3) is 0 Å². The first-order valence-corrected chi connectivity index (χ1v) is 12.1. The summed E-state index contributed by atoms with van der Waals surface area (Å²) in [4.78, 5) is 12.6. The average Bonchev–Trinajstić information content (AvgIpc) is 3.30. The summed E-state index contributed by atoms with van der Waals surface area (Å²) in [6.07, 6.45) is 6.06. The quantitative estimate of drug-likeness (QED) is 0.783. The minimum atomic E-state index is -3.45. The fourth-order valence-electron chi connectivity index (χ4n) is 4.71. The Kier molecular flexibility index (Phi) is 5.38. The maximum atomic E-state index is 12.6. The SMILES string of the molecule is Cc1ccc(CN(c2ccc(C(=O)N[C@H]3C[C@H]4CC[C@H]3C4)cc2)S(C)(=O)=O)cc1. The Bertz CT molecular complexity index is 984. The Morgan fingerprint density at radius 2 is 1.72 bits per heavy atom. The second-order valence-corrected chi connectivity index (χ2v) is 10.5. The Labute approximate surface area is 173 Å². The van der Waals surface area contributed by atoms with Crippen LogP contribution in [0.3, 0.4) is 0 Å². The number of anilines is 1. The predicted molar refractivity (Wildman–Crippen MR) is 115 cm³/mol. The summed E-state index contributed by atoms with van der Waals surface area (Å²) in [5, 5.41) is 3.18. The van der Waals surface area contributed by atoms with Crippen LogP contribution >= 0.6 is 0 Å². The van der Waals surface area contributed by atoms with Gasteiger partial charge < -0.3 is 5.32 Å². The number of carbonyl (C=O) groups excluding carboxylic acids is 1. The lowest BCUT2D eigenvalue weighted by Gasteiger charge is -2.24. The van der Waals surface area contributed by atoms with Gasteiger partial charge in [-0.15, -0.1) is 0 Å². The molecule has 2 aliphatic rings. The van der Waals surface area contributed by atoms with Crippen molar-refractivity contribution in [2.24, 2.45) is 11.8 Å². The molecule has 2 aromatic rings. The van der Waals surface area contributed by atoms with E-state index in [1.165, 1.54) is 29.8 Å². The van der Waals surface area contributed by atoms with Crippen LogP contribution in [-0.4, -0.2) is 26.6 Å². The van der Waals surface area contributed by atoms with Gasteiger partial charge in [0.25, 0.3) is 5.91 Å². The van der Waals surface area contributed by atoms with Crippen LogP contribution in [0.4, 0.5) is 5.69 Å². The van der Waals surface area contributed by atoms with E-state index in [-0.39, 0.29) is 18.5 Å². The van der Waals surface area contributed by atoms with Crippen LogP contribution in [0.15, 0.2) is 48.5 Å². The minimum Gasteiger partial charge on any atom is -0.349 e. The zero-order valence-corrected chi connectivity index (χ0v) is 17.8. The Morgan fingerprint density at radius 3 is 2.28 bits per heavy atom. The van der Waals surface area contributed by atoms with Crippen LogP contribution in [0.1, 0.15) is 47.2 Å². The molecule has 2 aromatic carbocycles. The molecule has 29 heavy (non-hydrogen) atoms. The number of hydrogen-bond acceptors (Lipinski definition) is 3. The standard InChI is InChI=1S/C23H28N2O3S/c1-16-3-5-17(6-4-16)15-25(29(2,27)28)21-11-9-19(10-12-21)23(26)24-22-14-18-7-8-20(22)13-18/h3-6,9-12,18,20,22H,7-8,13-15H2,1-2H3,(H,24,26)/t18-,20-,22-/m0/s1. The lowest BCUT2D eigenvalue weighted by Crippen LogP contribution is -2.38. The normalized spacial score (nSPS) is 23.2. The molecule has 0 spiro atoms. The maximum Gasteiger partial charge on any atom is 0.251 e. The van der Waals surface area contributed by atoms with Crippen LogP contribution in [0.2, 0.25) is 0 Å². The van der Waals surface area contributed by atoms with Crippen LogP contribution in [0.5, 0.6) is 0 Å². The molecule has 1 amide bonds. The van der Waals surface area contributed by atoms with E-state index in [4.69, 9.17) is 0 Å². The summed E-state index contributed by atoms with van der Waals surface area (Å²) in [5.41, 5.74) is 3.18. The van der Waals surface area contributed by atoms with Gasteiger partial charge in [-0.25, -0.2) is 8.42 Å². The summed E-state index contributed by atoms with van der Waals surface area (Å²) >= 11 is 0. The number of nitrogens with one attached hydrogen (secondary N) is 1. The van der Waals surface area contributed by atoms with Gasteiger partial charge in [0.2, 0.25) is 10.0 Å². The third-order valence-electron chi connectivity index (χ3n) is 6.32. The zero-order valence-electron chi connectivity index (χ0n) is 17.0. The molecular formula is C23H28N2O3S. The first kappa shape index (κ1) is 20.0. The van der Waals surface area contributed by atoms with Crippen molar-refractivity contribution < 1.29 is 13.2 Å². The van der Waals surface area contributed by atoms with Gasteiger partial charge in [0, 0.05) is 11.6 Å². The summed E-state index contributed by atoms with van der Waals surface area (Å²) in [5.74, 6) is 1.33. The average molecular weight is 413 g/mol. The van der Waals surface area contributed by atoms with Crippen molar-refractivity contribution in [3.63, 3.8) is 0 Å². The fraction of sp³-hybridized carbons (Fsp3) is 0.435. The first-order chi connectivity index (χ1) is 13.8. The first-order valence-electron chi connectivity index (χ1n) is 10.2. The lowest BCUT2D eigenvalue weighted by molar-refractivity contribution is 0.0923. The number of amides is 1. The summed E-state index contributed by atoms with van der Waals surface area (Å²) in [6, 6.07) is 15.0. The Balaban J connectivity index is 1.48. The van der Waals surface area contributed by atoms with E-state index < -0.39 is 10.0 Å². The zero-order chi connectivity index (χ0) is 20.6. The number of sulfonamides is 1. The number of carbonyl (C=O) groups is 1. The molecule has 0 saturated heterocycles. The Hall–Kier alpha value is -2.34. The number of hydrogen-bond donors (Lipinski definition) is 1. The minimum absolute atomic E-state index is 0.0708. The highest BCUT2D eigenvalue weighted by Crippen LogP contribution is 2.44. The Morgan fingerprint density at radius 1 is 1.03 bits per heavy atom. The number of benzene rings is 2. The molecule has 2 bridgehead atoms. The van der Waals surface area contributed by atoms with Crippen molar-refractivity contribution in [2.45, 2.75) is 45.2 Å². The van der Waals surface area contributed by atoms with Crippen molar-refractivity contribution in [3.8, 4) is 0 Å². The molecule has 4 rings (SSSR count). The molecule has 2 aliphatic carbocycles. The second-order valence-electron chi connectivity index (χ2n) is 8.56. The summed E-state index contributed by atoms with van der Waals surface area (Å²) < 4.78 is 26.1. The van der Waals surface area contributed by atoms with Crippen molar-refractivity contribution >= 4 is 21.6 Å². The molecule has 0 unspecified atom stereocenters. The number of fused-ring (bicyclic) bond motifs is 2. The third kappa shape index (κ3) is 4.47. The third-order valence-corrected chi connectivity index (χ3v) is 7.46. The smallest absolute Gasteiger partial charge is 0.251 e. The molecule has 2 fully saturated rings. The topological polar surface area (TPSA) is 66.5 Å². The molecule has 154 valence electrons. The largest absolute Gasteiger partial charge is 0.349 e. The highest BCUT2D eigenvalue weighted by atomic mass is 32.2. The highest BCUT2D eigenvalue weighted by molar-refractivity contribution is 7.92. The summed E-state index contributed by atoms with van der Waals surface area (Å²) in [6.45, 7) is 2.26. The van der Waals surface area contributed by atoms with Gasteiger partial charge in [0.05, 0.1) is 18.5 Å². The monoisotopic (exact) mass is 412 g/mol. The highest BCUT2D eigenvalue weighted by Gasteiger charge is 2.40. The van der Waals surface area contributed by atoms with E-state index in [2.05, 4.69) is 5.32 Å². The van der Waals surface area contributed by atoms with Crippen molar-refractivity contribution in [2.75, 3.05) is 10.6 Å². The van der Waals surface area contributed by atoms with Crippen LogP contribution < -0.4 is 9.62 Å². The summed E-state index contributed by atoms with van der Waals surface area (Å²) in [7, 11) is -3.45. The van der Waals surface area contributed by atoms with Crippen molar-refractivity contribution in [3.05, 3.63) is 65.2 Å². The van der Waals surface area contributed by atoms with Gasteiger partial charge in [0.1, 0.15) is 0 Å². The van der Waals surface area contributed by atoms with Crippen molar-refractivity contribution in [1.29, 1.82) is 0 Å². The van der Waals surface area contributed by atoms with Gasteiger partial charge in [0.15, 0.2) is 0 Å². The predicted octanol–water partition coefficient (Wildman–Crippen LogP) is 3.88. The van der Waals surface area contributed by atoms with Gasteiger partial charge in [-0.3, -0.25) is 9.10 Å². The van der Waals surface area contributed by atoms with Gasteiger partial charge in [-0.2, -0.15) is 0 Å². The fourth-order valence-corrected chi connectivity index (χ4v) is 5.60. The van der Waals surface area contributed by atoms with E-state index in [0.29, 0.717) is 17.2 Å². The van der Waals surface area contributed by atoms with E-state index in [1.54, 1.807) is 24.3 Å². The molecule has 2 saturated carbocycles. The van der Waals surface area contributed by atoms with E-state index in [1.807, 2.05) is 31.2 Å². The molecule has 1 N–H and O–H groups in total. The molecule has 3 atom stereocenters. The number of nitrogens with zero attached hydrogens (tertiary/aromatic N) is 1. The molecule has 5 nitrogen and oxygen atoms in total. The van der Waals surface area contributed by atoms with Crippen LogP contribution in [-0.2, 0) is 16.6 Å². The number of aryl methyl sites for hydroxylation is 1. The van der Waals surface area contributed by atoms with Crippen molar-refractivity contribution in [1.82, 2.24) is 5.32 Å². The number of rotatable bonds is 6. The molecule has 0 radical (unpaired) electrons. The molecular weight excluding hydrogens is 384 g/mol.